The molecule has 0 heterocycles. The van der Waals surface area contributed by atoms with Gasteiger partial charge in [-0.1, -0.05) is 48.0 Å². The average molecular weight is 465 g/mol. The summed E-state index contributed by atoms with van der Waals surface area (Å²) in [7, 11) is -7.45. The van der Waals surface area contributed by atoms with Crippen LogP contribution >= 0.6 is 7.60 Å². The molecule has 0 aliphatic heterocycles. The summed E-state index contributed by atoms with van der Waals surface area (Å²) in [6, 6.07) is 15.4. The second-order valence-corrected chi connectivity index (χ2v) is 10.9. The van der Waals surface area contributed by atoms with E-state index in [-0.39, 0.29) is 22.8 Å². The van der Waals surface area contributed by atoms with Crippen LogP contribution in [0, 0.1) is 6.92 Å². The van der Waals surface area contributed by atoms with E-state index in [1.807, 2.05) is 13.0 Å². The van der Waals surface area contributed by atoms with Gasteiger partial charge < -0.3 is 9.05 Å². The summed E-state index contributed by atoms with van der Waals surface area (Å²) in [6.45, 7) is 8.90. The number of nitrogens with zero attached hydrogens (tertiary/aromatic N) is 1. The van der Waals surface area contributed by atoms with Crippen molar-refractivity contribution in [3.63, 3.8) is 0 Å². The van der Waals surface area contributed by atoms with E-state index in [1.165, 1.54) is 24.0 Å². The van der Waals surface area contributed by atoms with Crippen molar-refractivity contribution >= 4 is 23.3 Å². The molecular weight excluding hydrogens is 435 g/mol. The van der Waals surface area contributed by atoms with Gasteiger partial charge in [-0.3, -0.25) is 4.57 Å². The monoisotopic (exact) mass is 464 g/mol. The molecule has 0 aliphatic rings. The molecule has 0 atom stereocenters. The minimum absolute atomic E-state index is 0.0928. The Morgan fingerprint density at radius 1 is 0.968 bits per heavy atom. The molecule has 2 aromatic carbocycles. The maximum Gasteiger partial charge on any atom is 0.354 e. The molecule has 9 heteroatoms. The molecule has 0 fully saturated rings. The molecule has 2 aromatic rings. The number of hydrogen-bond acceptors (Lipinski definition) is 6. The van der Waals surface area contributed by atoms with Gasteiger partial charge in [0.25, 0.3) is 10.0 Å². The fraction of sp³-hybridized carbons (Fsp3) is 0.318. The molecule has 7 nitrogen and oxygen atoms in total. The third-order valence-corrected chi connectivity index (χ3v) is 6.99. The predicted octanol–water partition coefficient (Wildman–Crippen LogP) is 5.23. The Hall–Kier alpha value is -2.25. The van der Waals surface area contributed by atoms with E-state index in [2.05, 4.69) is 9.93 Å². The highest BCUT2D eigenvalue weighted by molar-refractivity contribution is 7.89. The molecule has 1 N–H and O–H groups in total. The zero-order valence-electron chi connectivity index (χ0n) is 18.3. The van der Waals surface area contributed by atoms with Gasteiger partial charge in [0, 0.05) is 11.4 Å². The number of hydrazone groups is 1. The van der Waals surface area contributed by atoms with Gasteiger partial charge in [0.2, 0.25) is 0 Å². The van der Waals surface area contributed by atoms with Crippen molar-refractivity contribution in [2.45, 2.75) is 51.7 Å². The quantitative estimate of drug-likeness (QED) is 0.295. The second-order valence-electron chi connectivity index (χ2n) is 7.43. The van der Waals surface area contributed by atoms with Crippen molar-refractivity contribution in [3.05, 3.63) is 77.6 Å². The lowest BCUT2D eigenvalue weighted by Gasteiger charge is -2.19. The van der Waals surface area contributed by atoms with Gasteiger partial charge in [-0.2, -0.15) is 18.4 Å². The van der Waals surface area contributed by atoms with Crippen molar-refractivity contribution in [2.24, 2.45) is 5.10 Å². The summed E-state index contributed by atoms with van der Waals surface area (Å²) in [5, 5.41) is 4.09. The first kappa shape index (κ1) is 25.0. The van der Waals surface area contributed by atoms with Gasteiger partial charge in [0.1, 0.15) is 0 Å². The van der Waals surface area contributed by atoms with Crippen LogP contribution in [0.25, 0.3) is 0 Å². The molecule has 0 radical (unpaired) electrons. The van der Waals surface area contributed by atoms with Gasteiger partial charge in [-0.15, -0.1) is 0 Å². The highest BCUT2D eigenvalue weighted by Crippen LogP contribution is 2.52. The van der Waals surface area contributed by atoms with Crippen molar-refractivity contribution in [2.75, 3.05) is 0 Å². The minimum atomic E-state index is -3.87. The molecule has 0 amide bonds. The van der Waals surface area contributed by atoms with Crippen LogP contribution < -0.4 is 4.83 Å². The van der Waals surface area contributed by atoms with Crippen LogP contribution in [-0.2, 0) is 23.6 Å². The Kier molecular flexibility index (Phi) is 8.77. The van der Waals surface area contributed by atoms with Crippen LogP contribution in [0.4, 0.5) is 0 Å². The molecule has 0 saturated carbocycles. The van der Waals surface area contributed by atoms with E-state index in [0.717, 1.165) is 5.56 Å². The zero-order valence-corrected chi connectivity index (χ0v) is 20.1. The first-order chi connectivity index (χ1) is 14.5. The lowest BCUT2D eigenvalue weighted by Crippen LogP contribution is -2.20. The number of benzene rings is 2. The van der Waals surface area contributed by atoms with E-state index >= 15 is 0 Å². The summed E-state index contributed by atoms with van der Waals surface area (Å²) in [5.74, 6) is 1.30. The Morgan fingerprint density at radius 3 is 2.03 bits per heavy atom. The lowest BCUT2D eigenvalue weighted by molar-refractivity contribution is 0.149. The van der Waals surface area contributed by atoms with E-state index < -0.39 is 17.6 Å². The molecule has 0 saturated heterocycles. The average Bonchev–Trinajstić information content (AvgIpc) is 2.67. The Labute approximate surface area is 184 Å². The maximum atomic E-state index is 13.1. The third-order valence-electron chi connectivity index (χ3n) is 3.82. The Bertz CT molecular complexity index is 1050. The standard InChI is InChI=1S/C22H29N2O5PS/c1-17(2)28-30(25,29-18(3)4)16-15-22(20-9-7-6-8-10-20)23-24-31(26,27)21-13-11-19(5)12-14-21/h6-18,24H,1-5H3/b16-15+,23-22-. The topological polar surface area (TPSA) is 94.1 Å². The van der Waals surface area contributed by atoms with E-state index in [4.69, 9.17) is 9.05 Å². The van der Waals surface area contributed by atoms with E-state index in [0.29, 0.717) is 5.56 Å². The van der Waals surface area contributed by atoms with Crippen molar-refractivity contribution < 1.29 is 22.0 Å². The number of sulfonamides is 1. The number of nitrogens with one attached hydrogen (secondary N) is 1. The van der Waals surface area contributed by atoms with Crippen LogP contribution in [0.2, 0.25) is 0 Å². The predicted molar refractivity (Wildman–Crippen MR) is 124 cm³/mol. The summed E-state index contributed by atoms with van der Waals surface area (Å²) >= 11 is 0. The first-order valence-corrected chi connectivity index (χ1v) is 13.0. The first-order valence-electron chi connectivity index (χ1n) is 9.88. The maximum absolute atomic E-state index is 13.1. The summed E-state index contributed by atoms with van der Waals surface area (Å²) in [4.78, 5) is 2.34. The molecule has 0 unspecified atom stereocenters. The summed E-state index contributed by atoms with van der Waals surface area (Å²) in [6.07, 6.45) is 0.788. The van der Waals surface area contributed by atoms with E-state index in [9.17, 15) is 13.0 Å². The van der Waals surface area contributed by atoms with Gasteiger partial charge >= 0.3 is 7.60 Å². The Balaban J connectivity index is 2.40. The number of allylic oxidation sites excluding steroid dienone is 1. The van der Waals surface area contributed by atoms with Crippen LogP contribution in [0.3, 0.4) is 0 Å². The Morgan fingerprint density at radius 2 is 1.52 bits per heavy atom. The fourth-order valence-corrected chi connectivity index (χ4v) is 5.04. The van der Waals surface area contributed by atoms with Crippen molar-refractivity contribution in [1.29, 1.82) is 0 Å². The van der Waals surface area contributed by atoms with Crippen molar-refractivity contribution in [3.8, 4) is 0 Å². The molecule has 0 spiro atoms. The van der Waals surface area contributed by atoms with Crippen LogP contribution in [0.15, 0.2) is 76.5 Å². The summed E-state index contributed by atoms with van der Waals surface area (Å²) < 4.78 is 49.4. The molecule has 31 heavy (non-hydrogen) atoms. The van der Waals surface area contributed by atoms with Gasteiger partial charge in [0.15, 0.2) is 0 Å². The molecule has 0 bridgehead atoms. The van der Waals surface area contributed by atoms with Crippen molar-refractivity contribution in [1.82, 2.24) is 4.83 Å². The summed E-state index contributed by atoms with van der Waals surface area (Å²) in [5.41, 5.74) is 1.84. The van der Waals surface area contributed by atoms with Crippen LogP contribution in [-0.4, -0.2) is 26.3 Å². The van der Waals surface area contributed by atoms with Gasteiger partial charge in [-0.25, -0.2) is 0 Å². The van der Waals surface area contributed by atoms with Crippen LogP contribution in [0.5, 0.6) is 0 Å². The molecule has 0 aliphatic carbocycles. The number of aryl methyl sites for hydroxylation is 1. The third kappa shape index (κ3) is 8.07. The van der Waals surface area contributed by atoms with Crippen LogP contribution in [0.1, 0.15) is 38.8 Å². The highest BCUT2D eigenvalue weighted by atomic mass is 32.2. The fourth-order valence-electron chi connectivity index (χ4n) is 2.53. The minimum Gasteiger partial charge on any atom is -0.303 e. The molecule has 168 valence electrons. The largest absolute Gasteiger partial charge is 0.354 e. The molecule has 2 rings (SSSR count). The van der Waals surface area contributed by atoms with Gasteiger partial charge in [0.05, 0.1) is 22.8 Å². The smallest absolute Gasteiger partial charge is 0.303 e. The van der Waals surface area contributed by atoms with E-state index in [1.54, 1.807) is 64.1 Å². The SMILES string of the molecule is Cc1ccc(S(=O)(=O)N/N=C(/C=C/P(=O)(OC(C)C)OC(C)C)c2ccccc2)cc1. The molecule has 0 aromatic heterocycles. The second kappa shape index (κ2) is 10.9. The molecular formula is C22H29N2O5PS. The number of rotatable bonds is 10. The normalized spacial score (nSPS) is 13.3. The zero-order chi connectivity index (χ0) is 23.1. The lowest BCUT2D eigenvalue weighted by atomic mass is 10.1. The van der Waals surface area contributed by atoms with Gasteiger partial charge in [-0.05, 0) is 52.8 Å². The highest BCUT2D eigenvalue weighted by Gasteiger charge is 2.24. The number of hydrogen-bond donors (Lipinski definition) is 1.